The summed E-state index contributed by atoms with van der Waals surface area (Å²) in [5.74, 6) is 0.0187. The third-order valence-corrected chi connectivity index (χ3v) is 6.79. The molecule has 1 aromatic rings. The molecule has 1 fully saturated rings. The molecule has 0 spiro atoms. The summed E-state index contributed by atoms with van der Waals surface area (Å²) in [5, 5.41) is 15.5. The van der Waals surface area contributed by atoms with Crippen molar-refractivity contribution in [2.24, 2.45) is 11.1 Å². The molecule has 2 rings (SSSR count). The van der Waals surface area contributed by atoms with Crippen LogP contribution < -0.4 is 5.14 Å². The Kier molecular flexibility index (Phi) is 6.51. The lowest BCUT2D eigenvalue weighted by molar-refractivity contribution is 0.107. The van der Waals surface area contributed by atoms with Gasteiger partial charge in [0.15, 0.2) is 0 Å². The number of nitrogens with two attached hydrogens (primary N) is 1. The molecule has 0 aromatic heterocycles. The number of rotatable bonds is 7. The Hall–Kier alpha value is -1.11. The SMILES string of the molecule is CCCCCCN1CCC(C)(c2cccc(O)c2S(N)(=O)=O)C(C)C1. The van der Waals surface area contributed by atoms with Gasteiger partial charge in [-0.25, -0.2) is 13.6 Å². The van der Waals surface area contributed by atoms with E-state index in [4.69, 9.17) is 5.14 Å². The average molecular weight is 369 g/mol. The Bertz CT molecular complexity index is 690. The summed E-state index contributed by atoms with van der Waals surface area (Å²) >= 11 is 0. The minimum atomic E-state index is -3.97. The fraction of sp³-hybridized carbons (Fsp3) is 0.684. The monoisotopic (exact) mass is 368 g/mol. The van der Waals surface area contributed by atoms with E-state index in [1.165, 1.54) is 31.7 Å². The minimum Gasteiger partial charge on any atom is -0.507 e. The summed E-state index contributed by atoms with van der Waals surface area (Å²) < 4.78 is 24.1. The van der Waals surface area contributed by atoms with Gasteiger partial charge in [0.05, 0.1) is 0 Å². The van der Waals surface area contributed by atoms with Crippen molar-refractivity contribution in [2.45, 2.75) is 63.2 Å². The van der Waals surface area contributed by atoms with Crippen molar-refractivity contribution >= 4 is 10.0 Å². The quantitative estimate of drug-likeness (QED) is 0.724. The largest absolute Gasteiger partial charge is 0.507 e. The van der Waals surface area contributed by atoms with E-state index < -0.39 is 10.0 Å². The second-order valence-electron chi connectivity index (χ2n) is 7.63. The van der Waals surface area contributed by atoms with Gasteiger partial charge >= 0.3 is 0 Å². The zero-order valence-corrected chi connectivity index (χ0v) is 16.5. The van der Waals surface area contributed by atoms with E-state index in [-0.39, 0.29) is 22.0 Å². The molecule has 142 valence electrons. The van der Waals surface area contributed by atoms with Crippen molar-refractivity contribution in [1.29, 1.82) is 0 Å². The lowest BCUT2D eigenvalue weighted by atomic mass is 9.68. The molecule has 2 atom stereocenters. The summed E-state index contributed by atoms with van der Waals surface area (Å²) in [6.45, 7) is 9.44. The predicted molar refractivity (Wildman–Crippen MR) is 101 cm³/mol. The summed E-state index contributed by atoms with van der Waals surface area (Å²) in [6.07, 6.45) is 5.85. The highest BCUT2D eigenvalue weighted by molar-refractivity contribution is 7.89. The molecule has 6 heteroatoms. The normalized spacial score (nSPS) is 25.2. The number of benzene rings is 1. The van der Waals surface area contributed by atoms with Crippen LogP contribution in [0.4, 0.5) is 0 Å². The second-order valence-corrected chi connectivity index (χ2v) is 9.13. The van der Waals surface area contributed by atoms with Crippen molar-refractivity contribution < 1.29 is 13.5 Å². The number of hydrogen-bond acceptors (Lipinski definition) is 4. The maximum atomic E-state index is 12.0. The molecule has 0 saturated carbocycles. The number of aromatic hydroxyl groups is 1. The van der Waals surface area contributed by atoms with Crippen LogP contribution in [-0.2, 0) is 15.4 Å². The molecular formula is C19H32N2O3S. The first-order valence-electron chi connectivity index (χ1n) is 9.27. The number of nitrogens with zero attached hydrogens (tertiary/aromatic N) is 1. The Morgan fingerprint density at radius 3 is 2.64 bits per heavy atom. The average Bonchev–Trinajstić information content (AvgIpc) is 2.53. The van der Waals surface area contributed by atoms with Crippen LogP contribution in [0, 0.1) is 5.92 Å². The fourth-order valence-corrected chi connectivity index (χ4v) is 4.92. The molecule has 0 aliphatic carbocycles. The molecule has 1 aliphatic rings. The third kappa shape index (κ3) is 4.54. The molecule has 0 amide bonds. The van der Waals surface area contributed by atoms with Crippen molar-refractivity contribution in [3.05, 3.63) is 23.8 Å². The van der Waals surface area contributed by atoms with Gasteiger partial charge in [-0.2, -0.15) is 0 Å². The molecule has 2 unspecified atom stereocenters. The number of phenols is 1. The molecular weight excluding hydrogens is 336 g/mol. The molecule has 3 N–H and O–H groups in total. The van der Waals surface area contributed by atoms with Gasteiger partial charge in [-0.15, -0.1) is 0 Å². The maximum absolute atomic E-state index is 12.0. The van der Waals surface area contributed by atoms with Gasteiger partial charge in [0, 0.05) is 6.54 Å². The standard InChI is InChI=1S/C19H32N2O3S/c1-4-5-6-7-12-21-13-11-19(3,15(2)14-21)16-9-8-10-17(22)18(16)25(20,23)24/h8-10,15,22H,4-7,11-14H2,1-3H3,(H2,20,23,24). The topological polar surface area (TPSA) is 83.6 Å². The highest BCUT2D eigenvalue weighted by atomic mass is 32.2. The van der Waals surface area contributed by atoms with Gasteiger partial charge in [0.2, 0.25) is 10.0 Å². The molecule has 0 bridgehead atoms. The summed E-state index contributed by atoms with van der Waals surface area (Å²) in [5.41, 5.74) is 0.327. The summed E-state index contributed by atoms with van der Waals surface area (Å²) in [7, 11) is -3.97. The number of unbranched alkanes of at least 4 members (excludes halogenated alkanes) is 3. The zero-order valence-electron chi connectivity index (χ0n) is 15.7. The summed E-state index contributed by atoms with van der Waals surface area (Å²) in [6, 6.07) is 4.89. The smallest absolute Gasteiger partial charge is 0.242 e. The number of phenolic OH excluding ortho intramolecular Hbond substituents is 1. The van der Waals surface area contributed by atoms with E-state index >= 15 is 0 Å². The lowest BCUT2D eigenvalue weighted by Crippen LogP contribution is -2.48. The Morgan fingerprint density at radius 2 is 2.04 bits per heavy atom. The first-order valence-corrected chi connectivity index (χ1v) is 10.8. The summed E-state index contributed by atoms with van der Waals surface area (Å²) in [4.78, 5) is 2.36. The van der Waals surface area contributed by atoms with E-state index in [0.717, 1.165) is 26.1 Å². The number of sulfonamides is 1. The zero-order chi connectivity index (χ0) is 18.7. The number of primary sulfonamides is 1. The molecule has 25 heavy (non-hydrogen) atoms. The van der Waals surface area contributed by atoms with Gasteiger partial charge < -0.3 is 10.0 Å². The molecule has 0 radical (unpaired) electrons. The molecule has 1 saturated heterocycles. The van der Waals surface area contributed by atoms with Crippen molar-refractivity contribution in [3.63, 3.8) is 0 Å². The lowest BCUT2D eigenvalue weighted by Gasteiger charge is -2.45. The van der Waals surface area contributed by atoms with Crippen LogP contribution in [0.1, 0.15) is 58.4 Å². The van der Waals surface area contributed by atoms with Crippen LogP contribution in [0.2, 0.25) is 0 Å². The Morgan fingerprint density at radius 1 is 1.32 bits per heavy atom. The number of piperidine rings is 1. The fourth-order valence-electron chi connectivity index (χ4n) is 3.96. The molecule has 1 aliphatic heterocycles. The van der Waals surface area contributed by atoms with Gasteiger partial charge in [-0.05, 0) is 48.9 Å². The van der Waals surface area contributed by atoms with Crippen molar-refractivity contribution in [2.75, 3.05) is 19.6 Å². The van der Waals surface area contributed by atoms with Crippen LogP contribution in [0.3, 0.4) is 0 Å². The molecule has 5 nitrogen and oxygen atoms in total. The van der Waals surface area contributed by atoms with Crippen molar-refractivity contribution in [1.82, 2.24) is 4.90 Å². The molecule has 1 heterocycles. The predicted octanol–water partition coefficient (Wildman–Crippen LogP) is 3.22. The van der Waals surface area contributed by atoms with Crippen LogP contribution >= 0.6 is 0 Å². The van der Waals surface area contributed by atoms with E-state index in [1.54, 1.807) is 12.1 Å². The van der Waals surface area contributed by atoms with Crippen LogP contribution in [0.25, 0.3) is 0 Å². The first-order chi connectivity index (χ1) is 11.7. The van der Waals surface area contributed by atoms with E-state index in [2.05, 4.69) is 25.7 Å². The maximum Gasteiger partial charge on any atom is 0.242 e. The highest BCUT2D eigenvalue weighted by Gasteiger charge is 2.41. The molecule has 1 aromatic carbocycles. The van der Waals surface area contributed by atoms with Crippen LogP contribution in [-0.4, -0.2) is 38.1 Å². The number of hydrogen-bond donors (Lipinski definition) is 2. The van der Waals surface area contributed by atoms with Gasteiger partial charge in [0.25, 0.3) is 0 Å². The van der Waals surface area contributed by atoms with Gasteiger partial charge in [0.1, 0.15) is 10.6 Å². The van der Waals surface area contributed by atoms with Crippen LogP contribution in [0.15, 0.2) is 23.1 Å². The first kappa shape index (κ1) is 20.2. The third-order valence-electron chi connectivity index (χ3n) is 5.79. The Labute approximate surface area is 152 Å². The number of likely N-dealkylation sites (tertiary alicyclic amines) is 1. The van der Waals surface area contributed by atoms with Gasteiger partial charge in [-0.3, -0.25) is 0 Å². The highest BCUT2D eigenvalue weighted by Crippen LogP contribution is 2.43. The Balaban J connectivity index is 2.20. The van der Waals surface area contributed by atoms with E-state index in [0.29, 0.717) is 5.56 Å². The van der Waals surface area contributed by atoms with Gasteiger partial charge in [-0.1, -0.05) is 52.2 Å². The van der Waals surface area contributed by atoms with E-state index in [1.807, 2.05) is 0 Å². The second kappa shape index (κ2) is 8.06. The van der Waals surface area contributed by atoms with Crippen molar-refractivity contribution in [3.8, 4) is 5.75 Å². The van der Waals surface area contributed by atoms with Crippen LogP contribution in [0.5, 0.6) is 5.75 Å². The van der Waals surface area contributed by atoms with E-state index in [9.17, 15) is 13.5 Å². The minimum absolute atomic E-state index is 0.110.